The average Bonchev–Trinajstić information content (AvgIpc) is 2.35. The summed E-state index contributed by atoms with van der Waals surface area (Å²) in [6.45, 7) is 9.72. The highest BCUT2D eigenvalue weighted by molar-refractivity contribution is 4.66. The Morgan fingerprint density at radius 1 is 0.944 bits per heavy atom. The first-order valence-electron chi connectivity index (χ1n) is 6.98. The van der Waals surface area contributed by atoms with Crippen LogP contribution < -0.4 is 5.32 Å². The van der Waals surface area contributed by atoms with Crippen LogP contribution in [0.25, 0.3) is 0 Å². The van der Waals surface area contributed by atoms with Crippen LogP contribution in [0, 0.1) is 11.8 Å². The number of hydrogen-bond donors (Lipinski definition) is 1. The van der Waals surface area contributed by atoms with Gasteiger partial charge in [-0.25, -0.2) is 0 Å². The van der Waals surface area contributed by atoms with Gasteiger partial charge in [0.25, 0.3) is 0 Å². The molecule has 0 aliphatic heterocycles. The van der Waals surface area contributed by atoms with Gasteiger partial charge in [0.2, 0.25) is 0 Å². The normalized spacial score (nSPS) is 13.2. The van der Waals surface area contributed by atoms with Gasteiger partial charge in [0.1, 0.15) is 0 Å². The van der Waals surface area contributed by atoms with Crippen molar-refractivity contribution in [3.05, 3.63) is 0 Å². The summed E-state index contributed by atoms with van der Waals surface area (Å²) in [4.78, 5) is 0. The maximum absolute atomic E-state index is 5.61. The van der Waals surface area contributed by atoms with Crippen molar-refractivity contribution >= 4 is 0 Å². The van der Waals surface area contributed by atoms with Crippen molar-refractivity contribution in [1.82, 2.24) is 5.32 Å². The van der Waals surface area contributed by atoms with E-state index in [4.69, 9.17) is 14.2 Å². The van der Waals surface area contributed by atoms with Crippen LogP contribution in [0.15, 0.2) is 0 Å². The first-order chi connectivity index (χ1) is 8.72. The molecule has 0 rings (SSSR count). The van der Waals surface area contributed by atoms with Gasteiger partial charge in [0.15, 0.2) is 0 Å². The molecule has 0 heterocycles. The lowest BCUT2D eigenvalue weighted by Gasteiger charge is -2.21. The Bertz CT molecular complexity index is 165. The molecule has 0 aliphatic rings. The van der Waals surface area contributed by atoms with Crippen LogP contribution in [-0.2, 0) is 14.2 Å². The zero-order valence-corrected chi connectivity index (χ0v) is 12.5. The van der Waals surface area contributed by atoms with Crippen molar-refractivity contribution in [2.75, 3.05) is 53.7 Å². The second-order valence-corrected chi connectivity index (χ2v) is 4.95. The van der Waals surface area contributed by atoms with Crippen molar-refractivity contribution in [1.29, 1.82) is 0 Å². The molecule has 4 nitrogen and oxygen atoms in total. The Morgan fingerprint density at radius 2 is 1.67 bits per heavy atom. The lowest BCUT2D eigenvalue weighted by molar-refractivity contribution is 0.0888. The summed E-state index contributed by atoms with van der Waals surface area (Å²) in [5, 5.41) is 3.43. The summed E-state index contributed by atoms with van der Waals surface area (Å²) < 4.78 is 15.6. The lowest BCUT2D eigenvalue weighted by atomic mass is 9.93. The fraction of sp³-hybridized carbons (Fsp3) is 1.00. The van der Waals surface area contributed by atoms with E-state index < -0.39 is 0 Å². The van der Waals surface area contributed by atoms with Crippen LogP contribution in [0.1, 0.15) is 26.7 Å². The summed E-state index contributed by atoms with van der Waals surface area (Å²) in [6, 6.07) is 0. The molecule has 0 aromatic heterocycles. The highest BCUT2D eigenvalue weighted by Gasteiger charge is 2.12. The van der Waals surface area contributed by atoms with Crippen molar-refractivity contribution in [2.45, 2.75) is 26.7 Å². The predicted octanol–water partition coefficient (Wildman–Crippen LogP) is 1.94. The number of hydrogen-bond acceptors (Lipinski definition) is 4. The lowest BCUT2D eigenvalue weighted by Crippen LogP contribution is -2.29. The number of rotatable bonds is 13. The minimum atomic E-state index is 0.671. The Kier molecular flexibility index (Phi) is 13.2. The molecule has 1 atom stereocenters. The molecule has 110 valence electrons. The molecule has 0 aromatic carbocycles. The van der Waals surface area contributed by atoms with Gasteiger partial charge in [0.05, 0.1) is 6.61 Å². The van der Waals surface area contributed by atoms with Crippen LogP contribution in [0.3, 0.4) is 0 Å². The zero-order valence-electron chi connectivity index (χ0n) is 12.5. The molecular formula is C14H31NO3. The van der Waals surface area contributed by atoms with Gasteiger partial charge in [0, 0.05) is 40.6 Å². The zero-order chi connectivity index (χ0) is 13.6. The first kappa shape index (κ1) is 17.8. The quantitative estimate of drug-likeness (QED) is 0.514. The van der Waals surface area contributed by atoms with Crippen molar-refractivity contribution in [3.8, 4) is 0 Å². The smallest absolute Gasteiger partial charge is 0.0587 e. The summed E-state index contributed by atoms with van der Waals surface area (Å²) in [5.74, 6) is 1.35. The van der Waals surface area contributed by atoms with Gasteiger partial charge in [-0.3, -0.25) is 0 Å². The van der Waals surface area contributed by atoms with Crippen LogP contribution in [0.2, 0.25) is 0 Å². The summed E-state index contributed by atoms with van der Waals surface area (Å²) in [6.07, 6.45) is 2.10. The molecule has 4 heteroatoms. The predicted molar refractivity (Wildman–Crippen MR) is 75.0 cm³/mol. The van der Waals surface area contributed by atoms with E-state index in [9.17, 15) is 0 Å². The van der Waals surface area contributed by atoms with E-state index in [1.807, 2.05) is 0 Å². The van der Waals surface area contributed by atoms with E-state index >= 15 is 0 Å². The minimum absolute atomic E-state index is 0.671. The highest BCUT2D eigenvalue weighted by Crippen LogP contribution is 2.14. The van der Waals surface area contributed by atoms with E-state index in [0.29, 0.717) is 11.8 Å². The SMILES string of the molecule is COCCCOCCC(CNCCOC)C(C)C. The molecule has 1 N–H and O–H groups in total. The van der Waals surface area contributed by atoms with Crippen molar-refractivity contribution in [3.63, 3.8) is 0 Å². The average molecular weight is 261 g/mol. The molecular weight excluding hydrogens is 230 g/mol. The number of methoxy groups -OCH3 is 2. The summed E-state index contributed by atoms with van der Waals surface area (Å²) in [5.41, 5.74) is 0. The van der Waals surface area contributed by atoms with Crippen molar-refractivity contribution in [2.24, 2.45) is 11.8 Å². The van der Waals surface area contributed by atoms with Gasteiger partial charge in [-0.1, -0.05) is 13.8 Å². The molecule has 18 heavy (non-hydrogen) atoms. The van der Waals surface area contributed by atoms with Crippen molar-refractivity contribution < 1.29 is 14.2 Å². The Hall–Kier alpha value is -0.160. The fourth-order valence-electron chi connectivity index (χ4n) is 1.77. The fourth-order valence-corrected chi connectivity index (χ4v) is 1.77. The van der Waals surface area contributed by atoms with E-state index in [-0.39, 0.29) is 0 Å². The highest BCUT2D eigenvalue weighted by atomic mass is 16.5. The second-order valence-electron chi connectivity index (χ2n) is 4.95. The van der Waals surface area contributed by atoms with E-state index in [0.717, 1.165) is 52.4 Å². The molecule has 0 fully saturated rings. The van der Waals surface area contributed by atoms with Crippen LogP contribution in [0.4, 0.5) is 0 Å². The van der Waals surface area contributed by atoms with Gasteiger partial charge in [-0.15, -0.1) is 0 Å². The third-order valence-corrected chi connectivity index (χ3v) is 3.10. The Labute approximate surface area is 112 Å². The van der Waals surface area contributed by atoms with Crippen LogP contribution >= 0.6 is 0 Å². The minimum Gasteiger partial charge on any atom is -0.385 e. The second kappa shape index (κ2) is 13.3. The summed E-state index contributed by atoms with van der Waals surface area (Å²) >= 11 is 0. The molecule has 0 amide bonds. The first-order valence-corrected chi connectivity index (χ1v) is 6.98. The monoisotopic (exact) mass is 261 g/mol. The van der Waals surface area contributed by atoms with Gasteiger partial charge < -0.3 is 19.5 Å². The van der Waals surface area contributed by atoms with E-state index in [1.165, 1.54) is 0 Å². The Balaban J connectivity index is 3.51. The Morgan fingerprint density at radius 3 is 2.28 bits per heavy atom. The van der Waals surface area contributed by atoms with Crippen LogP contribution in [0.5, 0.6) is 0 Å². The van der Waals surface area contributed by atoms with Crippen LogP contribution in [-0.4, -0.2) is 53.7 Å². The maximum Gasteiger partial charge on any atom is 0.0587 e. The van der Waals surface area contributed by atoms with E-state index in [2.05, 4.69) is 19.2 Å². The van der Waals surface area contributed by atoms with Gasteiger partial charge >= 0.3 is 0 Å². The molecule has 0 bridgehead atoms. The van der Waals surface area contributed by atoms with E-state index in [1.54, 1.807) is 14.2 Å². The molecule has 0 saturated carbocycles. The molecule has 1 unspecified atom stereocenters. The third-order valence-electron chi connectivity index (χ3n) is 3.10. The summed E-state index contributed by atoms with van der Waals surface area (Å²) in [7, 11) is 3.45. The maximum atomic E-state index is 5.61. The molecule has 0 aromatic rings. The molecule has 0 radical (unpaired) electrons. The molecule has 0 aliphatic carbocycles. The van der Waals surface area contributed by atoms with Gasteiger partial charge in [-0.2, -0.15) is 0 Å². The topological polar surface area (TPSA) is 39.7 Å². The molecule has 0 saturated heterocycles. The molecule has 0 spiro atoms. The van der Waals surface area contributed by atoms with Gasteiger partial charge in [-0.05, 0) is 31.2 Å². The third kappa shape index (κ3) is 11.0. The standard InChI is InChI=1S/C14H31NO3/c1-13(2)14(12-15-7-11-17-4)6-10-18-9-5-8-16-3/h13-15H,5-12H2,1-4H3. The largest absolute Gasteiger partial charge is 0.385 e. The number of nitrogens with one attached hydrogen (secondary N) is 1. The number of ether oxygens (including phenoxy) is 3.